The van der Waals surface area contributed by atoms with Crippen molar-refractivity contribution in [2.45, 2.75) is 46.5 Å². The zero-order valence-electron chi connectivity index (χ0n) is 12.0. The molecule has 4 nitrogen and oxygen atoms in total. The Balaban J connectivity index is 1.39. The van der Waals surface area contributed by atoms with E-state index < -0.39 is 0 Å². The molecule has 4 rings (SSSR count). The molecule has 0 radical (unpaired) electrons. The van der Waals surface area contributed by atoms with E-state index in [-0.39, 0.29) is 5.91 Å². The van der Waals surface area contributed by atoms with Crippen LogP contribution in [-0.2, 0) is 0 Å². The van der Waals surface area contributed by atoms with Crippen molar-refractivity contribution in [3.05, 3.63) is 41.5 Å². The molecule has 2 bridgehead atoms. The van der Waals surface area contributed by atoms with E-state index >= 15 is 0 Å². The average Bonchev–Trinajstić information content (AvgIpc) is 3.24. The lowest BCUT2D eigenvalue weighted by Gasteiger charge is -2.20. The maximum atomic E-state index is 12.4. The Morgan fingerprint density at radius 2 is 2.14 bits per heavy atom. The van der Waals surface area contributed by atoms with E-state index in [4.69, 9.17) is 0 Å². The average molecular weight is 331 g/mol. The maximum Gasteiger partial charge on any atom is 0.261 e. The van der Waals surface area contributed by atoms with Crippen molar-refractivity contribution in [3.63, 3.8) is 0 Å². The van der Waals surface area contributed by atoms with Gasteiger partial charge in [-0.05, 0) is 43.5 Å². The van der Waals surface area contributed by atoms with Gasteiger partial charge in [-0.1, -0.05) is 11.8 Å². The van der Waals surface area contributed by atoms with Crippen LogP contribution in [-0.4, -0.2) is 29.0 Å². The smallest absolute Gasteiger partial charge is 0.261 e. The van der Waals surface area contributed by atoms with Gasteiger partial charge in [-0.2, -0.15) is 0 Å². The van der Waals surface area contributed by atoms with Crippen LogP contribution < -0.4 is 10.6 Å². The van der Waals surface area contributed by atoms with Gasteiger partial charge in [0, 0.05) is 35.4 Å². The summed E-state index contributed by atoms with van der Waals surface area (Å²) in [7, 11) is 0. The Kier molecular flexibility index (Phi) is 3.90. The molecule has 4 heterocycles. The van der Waals surface area contributed by atoms with Crippen molar-refractivity contribution in [3.8, 4) is 0 Å². The first-order valence-corrected chi connectivity index (χ1v) is 9.16. The zero-order valence-corrected chi connectivity index (χ0v) is 13.6. The van der Waals surface area contributed by atoms with Crippen LogP contribution in [0.1, 0.15) is 28.9 Å². The van der Waals surface area contributed by atoms with Crippen LogP contribution in [0.5, 0.6) is 0 Å². The molecule has 114 valence electrons. The highest BCUT2D eigenvalue weighted by molar-refractivity contribution is 8.01. The Morgan fingerprint density at radius 3 is 2.86 bits per heavy atom. The lowest BCUT2D eigenvalue weighted by molar-refractivity contribution is 0.0935. The molecule has 0 spiro atoms. The predicted molar refractivity (Wildman–Crippen MR) is 88.5 cm³/mol. The number of nitrogens with one attached hydrogen (secondary N) is 2. The first-order chi connectivity index (χ1) is 10.8. The van der Waals surface area contributed by atoms with Crippen LogP contribution in [0.3, 0.4) is 0 Å². The molecular weight excluding hydrogens is 314 g/mol. The lowest BCUT2D eigenvalue weighted by atomic mass is 9.95. The number of thiophene rings is 1. The second-order valence-electron chi connectivity index (χ2n) is 5.77. The Hall–Kier alpha value is -1.37. The van der Waals surface area contributed by atoms with Crippen molar-refractivity contribution in [2.75, 3.05) is 0 Å². The van der Waals surface area contributed by atoms with E-state index in [1.807, 2.05) is 24.3 Å². The second kappa shape index (κ2) is 6.02. The number of pyridine rings is 1. The van der Waals surface area contributed by atoms with E-state index in [1.165, 1.54) is 12.8 Å². The number of aromatic nitrogens is 1. The van der Waals surface area contributed by atoms with Crippen LogP contribution in [0.25, 0.3) is 0 Å². The standard InChI is InChI=1S/C16H17N3OS2/c20-16(19-13-9-10-1-2-12(13)18-10)14-3-4-15(22-14)21-11-5-7-17-8-6-11/h3-8,10,12-13,18H,1-2,9H2,(H,19,20). The number of fused-ring (bicyclic) bond motifs is 2. The third-order valence-electron chi connectivity index (χ3n) is 4.29. The quantitative estimate of drug-likeness (QED) is 0.904. The summed E-state index contributed by atoms with van der Waals surface area (Å²) in [5.74, 6) is 0.0610. The van der Waals surface area contributed by atoms with E-state index in [0.29, 0.717) is 18.1 Å². The summed E-state index contributed by atoms with van der Waals surface area (Å²) in [5.41, 5.74) is 0. The SMILES string of the molecule is O=C(NC1CC2CCC1N2)c1ccc(Sc2ccncc2)s1. The molecule has 2 aliphatic heterocycles. The van der Waals surface area contributed by atoms with Crippen LogP contribution in [0.4, 0.5) is 0 Å². The number of hydrogen-bond acceptors (Lipinski definition) is 5. The first kappa shape index (κ1) is 14.2. The zero-order chi connectivity index (χ0) is 14.9. The largest absolute Gasteiger partial charge is 0.347 e. The summed E-state index contributed by atoms with van der Waals surface area (Å²) in [6, 6.07) is 9.27. The van der Waals surface area contributed by atoms with E-state index in [9.17, 15) is 4.79 Å². The summed E-state index contributed by atoms with van der Waals surface area (Å²) >= 11 is 3.22. The third-order valence-corrected chi connectivity index (χ3v) is 6.51. The van der Waals surface area contributed by atoms with Gasteiger partial charge in [0.15, 0.2) is 0 Å². The molecule has 2 aromatic heterocycles. The highest BCUT2D eigenvalue weighted by atomic mass is 32.2. The molecule has 2 aliphatic rings. The second-order valence-corrected chi connectivity index (χ2v) is 8.22. The van der Waals surface area contributed by atoms with Gasteiger partial charge in [-0.25, -0.2) is 0 Å². The minimum atomic E-state index is 0.0610. The highest BCUT2D eigenvalue weighted by Gasteiger charge is 2.39. The number of nitrogens with zero attached hydrogens (tertiary/aromatic N) is 1. The van der Waals surface area contributed by atoms with Gasteiger partial charge in [0.25, 0.3) is 5.91 Å². The fourth-order valence-electron chi connectivity index (χ4n) is 3.24. The van der Waals surface area contributed by atoms with Gasteiger partial charge in [0.2, 0.25) is 0 Å². The van der Waals surface area contributed by atoms with Gasteiger partial charge < -0.3 is 10.6 Å². The highest BCUT2D eigenvalue weighted by Crippen LogP contribution is 2.33. The Labute approximate surface area is 137 Å². The van der Waals surface area contributed by atoms with E-state index in [2.05, 4.69) is 15.6 Å². The normalized spacial score (nSPS) is 26.3. The maximum absolute atomic E-state index is 12.4. The summed E-state index contributed by atoms with van der Waals surface area (Å²) in [4.78, 5) is 18.3. The Bertz CT molecular complexity index is 673. The van der Waals surface area contributed by atoms with Gasteiger partial charge in [-0.3, -0.25) is 9.78 Å². The molecule has 3 unspecified atom stereocenters. The fourth-order valence-corrected chi connectivity index (χ4v) is 5.23. The first-order valence-electron chi connectivity index (χ1n) is 7.52. The van der Waals surface area contributed by atoms with Crippen LogP contribution in [0.15, 0.2) is 45.8 Å². The van der Waals surface area contributed by atoms with Gasteiger partial charge in [0.05, 0.1) is 9.09 Å². The van der Waals surface area contributed by atoms with Crippen LogP contribution in [0.2, 0.25) is 0 Å². The van der Waals surface area contributed by atoms with Gasteiger partial charge in [-0.15, -0.1) is 11.3 Å². The number of carbonyl (C=O) groups excluding carboxylic acids is 1. The lowest BCUT2D eigenvalue weighted by Crippen LogP contribution is -2.42. The molecule has 2 N–H and O–H groups in total. The monoisotopic (exact) mass is 331 g/mol. The van der Waals surface area contributed by atoms with Crippen molar-refractivity contribution in [2.24, 2.45) is 0 Å². The van der Waals surface area contributed by atoms with Gasteiger partial charge in [0.1, 0.15) is 0 Å². The van der Waals surface area contributed by atoms with Crippen LogP contribution >= 0.6 is 23.1 Å². The molecule has 3 atom stereocenters. The molecule has 22 heavy (non-hydrogen) atoms. The van der Waals surface area contributed by atoms with Crippen molar-refractivity contribution in [1.29, 1.82) is 0 Å². The molecule has 1 amide bonds. The summed E-state index contributed by atoms with van der Waals surface area (Å²) in [5, 5.41) is 6.74. The summed E-state index contributed by atoms with van der Waals surface area (Å²) in [6.45, 7) is 0. The van der Waals surface area contributed by atoms with Crippen molar-refractivity contribution >= 4 is 29.0 Å². The third kappa shape index (κ3) is 2.91. The molecule has 0 aromatic carbocycles. The molecule has 2 aromatic rings. The minimum absolute atomic E-state index is 0.0610. The van der Waals surface area contributed by atoms with Crippen molar-refractivity contribution in [1.82, 2.24) is 15.6 Å². The van der Waals surface area contributed by atoms with E-state index in [0.717, 1.165) is 20.4 Å². The molecule has 2 fully saturated rings. The molecular formula is C16H17N3OS2. The molecule has 6 heteroatoms. The van der Waals surface area contributed by atoms with Gasteiger partial charge >= 0.3 is 0 Å². The van der Waals surface area contributed by atoms with Crippen LogP contribution in [0, 0.1) is 0 Å². The fraction of sp³-hybridized carbons (Fsp3) is 0.375. The number of carbonyl (C=O) groups is 1. The molecule has 2 saturated heterocycles. The Morgan fingerprint density at radius 1 is 1.27 bits per heavy atom. The minimum Gasteiger partial charge on any atom is -0.347 e. The number of hydrogen-bond donors (Lipinski definition) is 2. The predicted octanol–water partition coefficient (Wildman–Crippen LogP) is 2.92. The number of rotatable bonds is 4. The summed E-state index contributed by atoms with van der Waals surface area (Å²) < 4.78 is 1.13. The topological polar surface area (TPSA) is 54.0 Å². The van der Waals surface area contributed by atoms with E-state index in [1.54, 1.807) is 35.5 Å². The number of amides is 1. The molecule has 0 aliphatic carbocycles. The van der Waals surface area contributed by atoms with Crippen molar-refractivity contribution < 1.29 is 4.79 Å². The molecule has 0 saturated carbocycles. The summed E-state index contributed by atoms with van der Waals surface area (Å²) in [6.07, 6.45) is 7.07.